The second-order valence-electron chi connectivity index (χ2n) is 8.13. The summed E-state index contributed by atoms with van der Waals surface area (Å²) in [7, 11) is 0. The fourth-order valence-electron chi connectivity index (χ4n) is 4.67. The number of carbonyl (C=O) groups excluding carboxylic acids is 1. The zero-order valence-corrected chi connectivity index (χ0v) is 17.9. The lowest BCUT2D eigenvalue weighted by Gasteiger charge is -2.25. The van der Waals surface area contributed by atoms with Crippen LogP contribution in [0.15, 0.2) is 23.4 Å². The van der Waals surface area contributed by atoms with Crippen LogP contribution in [0.2, 0.25) is 0 Å². The molecule has 0 radical (unpaired) electrons. The minimum atomic E-state index is 0.0843. The molecule has 0 bridgehead atoms. The van der Waals surface area contributed by atoms with Gasteiger partial charge >= 0.3 is 0 Å². The number of hydrogen-bond acceptors (Lipinski definition) is 7. The van der Waals surface area contributed by atoms with Gasteiger partial charge in [0.15, 0.2) is 11.5 Å². The van der Waals surface area contributed by atoms with Crippen LogP contribution in [-0.4, -0.2) is 56.5 Å². The fourth-order valence-corrected chi connectivity index (χ4v) is 5.50. The number of rotatable bonds is 5. The number of amides is 1. The summed E-state index contributed by atoms with van der Waals surface area (Å²) in [6.07, 6.45) is 7.54. The zero-order chi connectivity index (χ0) is 20.3. The summed E-state index contributed by atoms with van der Waals surface area (Å²) in [6, 6.07) is 6.55. The molecular weight excluding hydrogens is 402 g/mol. The first kappa shape index (κ1) is 19.7. The number of benzene rings is 1. The van der Waals surface area contributed by atoms with E-state index in [4.69, 9.17) is 9.47 Å². The van der Waals surface area contributed by atoms with Crippen LogP contribution < -0.4 is 9.47 Å². The summed E-state index contributed by atoms with van der Waals surface area (Å²) in [4.78, 5) is 15.1. The average molecular weight is 430 g/mol. The molecule has 3 aliphatic rings. The summed E-state index contributed by atoms with van der Waals surface area (Å²) >= 11 is 1.45. The maximum Gasteiger partial charge on any atom is 0.233 e. The second-order valence-corrected chi connectivity index (χ2v) is 9.08. The molecular formula is C21H27N5O3S. The van der Waals surface area contributed by atoms with E-state index in [1.807, 2.05) is 21.7 Å². The van der Waals surface area contributed by atoms with Crippen molar-refractivity contribution in [1.29, 1.82) is 0 Å². The SMILES string of the molecule is O=C(CSc1nnnn1C1CCCC1)N1CCC[C@H]1c1ccc2c(c1)OCCCO2. The van der Waals surface area contributed by atoms with Crippen molar-refractivity contribution in [3.8, 4) is 11.5 Å². The lowest BCUT2D eigenvalue weighted by Crippen LogP contribution is -2.32. The molecule has 0 N–H and O–H groups in total. The van der Waals surface area contributed by atoms with Crippen LogP contribution in [0, 0.1) is 0 Å². The predicted octanol–water partition coefficient (Wildman–Crippen LogP) is 3.41. The third-order valence-electron chi connectivity index (χ3n) is 6.19. The Morgan fingerprint density at radius 1 is 1.07 bits per heavy atom. The van der Waals surface area contributed by atoms with Crippen LogP contribution in [0.5, 0.6) is 11.5 Å². The van der Waals surface area contributed by atoms with Gasteiger partial charge in [0, 0.05) is 13.0 Å². The molecule has 3 heterocycles. The van der Waals surface area contributed by atoms with E-state index >= 15 is 0 Å². The number of nitrogens with zero attached hydrogens (tertiary/aromatic N) is 5. The lowest BCUT2D eigenvalue weighted by molar-refractivity contribution is -0.129. The van der Waals surface area contributed by atoms with Crippen molar-refractivity contribution < 1.29 is 14.3 Å². The number of aromatic nitrogens is 4. The van der Waals surface area contributed by atoms with E-state index in [1.165, 1.54) is 24.6 Å². The molecule has 1 aliphatic carbocycles. The first-order valence-corrected chi connectivity index (χ1v) is 11.9. The van der Waals surface area contributed by atoms with Gasteiger partial charge in [-0.3, -0.25) is 4.79 Å². The van der Waals surface area contributed by atoms with Crippen LogP contribution in [0.3, 0.4) is 0 Å². The first-order valence-electron chi connectivity index (χ1n) is 10.9. The highest BCUT2D eigenvalue weighted by Crippen LogP contribution is 2.38. The van der Waals surface area contributed by atoms with Gasteiger partial charge < -0.3 is 14.4 Å². The van der Waals surface area contributed by atoms with Gasteiger partial charge in [-0.1, -0.05) is 30.7 Å². The third kappa shape index (κ3) is 3.99. The standard InChI is InChI=1S/C21H27N5O3S/c27-20(14-30-21-22-23-24-26(21)16-5-1-2-6-16)25-10-3-7-17(25)15-8-9-18-19(13-15)29-12-4-11-28-18/h8-9,13,16-17H,1-7,10-12,14H2/t17-/m0/s1. The van der Waals surface area contributed by atoms with Crippen molar-refractivity contribution in [2.75, 3.05) is 25.5 Å². The maximum atomic E-state index is 13.1. The molecule has 1 atom stereocenters. The molecule has 1 amide bonds. The highest BCUT2D eigenvalue weighted by atomic mass is 32.2. The quantitative estimate of drug-likeness (QED) is 0.674. The number of likely N-dealkylation sites (tertiary alicyclic amines) is 1. The summed E-state index contributed by atoms with van der Waals surface area (Å²) in [6.45, 7) is 2.13. The Morgan fingerprint density at radius 2 is 1.90 bits per heavy atom. The van der Waals surface area contributed by atoms with Gasteiger partial charge in [0.05, 0.1) is 31.1 Å². The normalized spacial score (nSPS) is 21.7. The van der Waals surface area contributed by atoms with Crippen LogP contribution in [0.4, 0.5) is 0 Å². The van der Waals surface area contributed by atoms with Gasteiger partial charge in [-0.25, -0.2) is 4.68 Å². The molecule has 2 aromatic rings. The van der Waals surface area contributed by atoms with E-state index in [1.54, 1.807) is 0 Å². The topological polar surface area (TPSA) is 82.4 Å². The molecule has 0 unspecified atom stereocenters. The van der Waals surface area contributed by atoms with Crippen LogP contribution in [0.25, 0.3) is 0 Å². The first-order chi connectivity index (χ1) is 14.8. The zero-order valence-electron chi connectivity index (χ0n) is 17.0. The van der Waals surface area contributed by atoms with E-state index in [9.17, 15) is 4.79 Å². The van der Waals surface area contributed by atoms with E-state index in [0.717, 1.165) is 60.9 Å². The Morgan fingerprint density at radius 3 is 2.77 bits per heavy atom. The van der Waals surface area contributed by atoms with Crippen molar-refractivity contribution in [1.82, 2.24) is 25.1 Å². The Balaban J connectivity index is 1.26. The Hall–Kier alpha value is -2.29. The fraction of sp³-hybridized carbons (Fsp3) is 0.619. The van der Waals surface area contributed by atoms with E-state index in [-0.39, 0.29) is 11.9 Å². The number of tetrazole rings is 1. The monoisotopic (exact) mass is 429 g/mol. The van der Waals surface area contributed by atoms with E-state index in [0.29, 0.717) is 25.0 Å². The van der Waals surface area contributed by atoms with Crippen molar-refractivity contribution in [2.24, 2.45) is 0 Å². The Bertz CT molecular complexity index is 899. The summed E-state index contributed by atoms with van der Waals surface area (Å²) in [5.74, 6) is 2.07. The van der Waals surface area contributed by atoms with Gasteiger partial charge in [0.1, 0.15) is 0 Å². The molecule has 2 fully saturated rings. The van der Waals surface area contributed by atoms with Gasteiger partial charge in [0.2, 0.25) is 11.1 Å². The minimum absolute atomic E-state index is 0.0843. The molecule has 0 spiro atoms. The summed E-state index contributed by atoms with van der Waals surface area (Å²) in [5.41, 5.74) is 1.12. The molecule has 5 rings (SSSR count). The number of hydrogen-bond donors (Lipinski definition) is 0. The van der Waals surface area contributed by atoms with Gasteiger partial charge in [-0.05, 0) is 53.8 Å². The van der Waals surface area contributed by atoms with Gasteiger partial charge in [-0.15, -0.1) is 5.10 Å². The highest BCUT2D eigenvalue weighted by molar-refractivity contribution is 7.99. The third-order valence-corrected chi connectivity index (χ3v) is 7.11. The van der Waals surface area contributed by atoms with Crippen LogP contribution in [-0.2, 0) is 4.79 Å². The number of carbonyl (C=O) groups is 1. The van der Waals surface area contributed by atoms with Gasteiger partial charge in [0.25, 0.3) is 0 Å². The smallest absolute Gasteiger partial charge is 0.233 e. The molecule has 160 valence electrons. The van der Waals surface area contributed by atoms with Gasteiger partial charge in [-0.2, -0.15) is 0 Å². The minimum Gasteiger partial charge on any atom is -0.490 e. The van der Waals surface area contributed by atoms with Crippen LogP contribution >= 0.6 is 11.8 Å². The Labute approximate surface area is 180 Å². The maximum absolute atomic E-state index is 13.1. The molecule has 8 nitrogen and oxygen atoms in total. The molecule has 2 aliphatic heterocycles. The molecule has 9 heteroatoms. The number of ether oxygens (including phenoxy) is 2. The Kier molecular flexibility index (Phi) is 5.79. The highest BCUT2D eigenvalue weighted by Gasteiger charge is 2.31. The molecule has 1 aromatic carbocycles. The molecule has 1 saturated heterocycles. The molecule has 1 aromatic heterocycles. The number of fused-ring (bicyclic) bond motifs is 1. The van der Waals surface area contributed by atoms with Crippen molar-refractivity contribution in [2.45, 2.75) is 62.2 Å². The van der Waals surface area contributed by atoms with E-state index < -0.39 is 0 Å². The summed E-state index contributed by atoms with van der Waals surface area (Å²) in [5, 5.41) is 12.9. The molecule has 1 saturated carbocycles. The predicted molar refractivity (Wildman–Crippen MR) is 112 cm³/mol. The largest absolute Gasteiger partial charge is 0.490 e. The van der Waals surface area contributed by atoms with Crippen LogP contribution in [0.1, 0.15) is 62.6 Å². The second kappa shape index (κ2) is 8.83. The number of thioether (sulfide) groups is 1. The molecule has 30 heavy (non-hydrogen) atoms. The summed E-state index contributed by atoms with van der Waals surface area (Å²) < 4.78 is 13.5. The van der Waals surface area contributed by atoms with Crippen molar-refractivity contribution in [3.63, 3.8) is 0 Å². The van der Waals surface area contributed by atoms with E-state index in [2.05, 4.69) is 21.6 Å². The van der Waals surface area contributed by atoms with Crippen molar-refractivity contribution in [3.05, 3.63) is 23.8 Å². The lowest BCUT2D eigenvalue weighted by atomic mass is 10.0. The van der Waals surface area contributed by atoms with Crippen molar-refractivity contribution >= 4 is 17.7 Å². The average Bonchev–Trinajstić information content (AvgIpc) is 3.51.